The number of ether oxygens (including phenoxy) is 3. The molecule has 4 aromatic rings. The lowest BCUT2D eigenvalue weighted by Gasteiger charge is -2.14. The number of carbonyl (C=O) groups is 2. The molecule has 0 aliphatic rings. The van der Waals surface area contributed by atoms with Gasteiger partial charge in [-0.25, -0.2) is 9.59 Å². The van der Waals surface area contributed by atoms with Gasteiger partial charge in [-0.3, -0.25) is 0 Å². The summed E-state index contributed by atoms with van der Waals surface area (Å²) in [6.45, 7) is 10.3. The maximum atomic E-state index is 14.5. The van der Waals surface area contributed by atoms with Gasteiger partial charge in [0, 0.05) is 21.9 Å². The molecule has 0 radical (unpaired) electrons. The average molecular weight is 553 g/mol. The fourth-order valence-electron chi connectivity index (χ4n) is 4.26. The van der Waals surface area contributed by atoms with Gasteiger partial charge in [0.25, 0.3) is 0 Å². The van der Waals surface area contributed by atoms with Gasteiger partial charge in [0.15, 0.2) is 11.3 Å². The topological polar surface area (TPSA) is 75.0 Å². The third-order valence-corrected chi connectivity index (χ3v) is 6.22. The van der Waals surface area contributed by atoms with E-state index in [1.54, 1.807) is 37.3 Å². The Kier molecular flexibility index (Phi) is 8.04. The number of alkyl halides is 3. The summed E-state index contributed by atoms with van der Waals surface area (Å²) in [5, 5.41) is 0.616. The smallest absolute Gasteiger partial charge is 0.420 e. The number of furan rings is 1. The minimum absolute atomic E-state index is 0.000759. The SMILES string of the molecule is C=C(C)C(=O)OCCCc1ccc(-c2ccc3c(oc4c(OC)c(OC(=O)C(=C)C)ccc43)c2C(F)(F)F)cc1. The maximum Gasteiger partial charge on any atom is 0.420 e. The summed E-state index contributed by atoms with van der Waals surface area (Å²) in [5.74, 6) is -1.17. The molecule has 0 spiro atoms. The number of hydrogen-bond donors (Lipinski definition) is 0. The molecule has 0 N–H and O–H groups in total. The summed E-state index contributed by atoms with van der Waals surface area (Å²) in [6.07, 6.45) is -3.60. The molecule has 6 nitrogen and oxygen atoms in total. The molecule has 0 fully saturated rings. The Morgan fingerprint density at radius 3 is 2.10 bits per heavy atom. The number of halogens is 3. The molecule has 0 aliphatic heterocycles. The van der Waals surface area contributed by atoms with Crippen LogP contribution < -0.4 is 9.47 Å². The summed E-state index contributed by atoms with van der Waals surface area (Å²) in [5.41, 5.74) is 0.395. The van der Waals surface area contributed by atoms with Gasteiger partial charge >= 0.3 is 18.1 Å². The van der Waals surface area contributed by atoms with Crippen molar-refractivity contribution in [3.05, 3.63) is 84.0 Å². The van der Waals surface area contributed by atoms with Crippen LogP contribution in [0.4, 0.5) is 13.2 Å². The fraction of sp³-hybridized carbons (Fsp3) is 0.226. The number of hydrogen-bond acceptors (Lipinski definition) is 6. The monoisotopic (exact) mass is 552 g/mol. The zero-order chi connectivity index (χ0) is 29.2. The van der Waals surface area contributed by atoms with Crippen LogP contribution in [0.25, 0.3) is 33.1 Å². The van der Waals surface area contributed by atoms with Crippen LogP contribution in [0.5, 0.6) is 11.5 Å². The van der Waals surface area contributed by atoms with E-state index in [-0.39, 0.29) is 45.8 Å². The van der Waals surface area contributed by atoms with E-state index in [0.29, 0.717) is 29.4 Å². The second-order valence-corrected chi connectivity index (χ2v) is 9.32. The van der Waals surface area contributed by atoms with Crippen LogP contribution in [-0.2, 0) is 26.9 Å². The van der Waals surface area contributed by atoms with Crippen molar-refractivity contribution in [2.75, 3.05) is 13.7 Å². The van der Waals surface area contributed by atoms with E-state index in [1.165, 1.54) is 32.2 Å². The van der Waals surface area contributed by atoms with E-state index >= 15 is 0 Å². The third kappa shape index (κ3) is 5.73. The lowest BCUT2D eigenvalue weighted by Crippen LogP contribution is -2.09. The van der Waals surface area contributed by atoms with Crippen molar-refractivity contribution in [3.8, 4) is 22.6 Å². The minimum Gasteiger partial charge on any atom is -0.490 e. The van der Waals surface area contributed by atoms with Gasteiger partial charge in [-0.2, -0.15) is 13.2 Å². The van der Waals surface area contributed by atoms with Crippen LogP contribution in [0.15, 0.2) is 77.3 Å². The Balaban J connectivity index is 1.72. The van der Waals surface area contributed by atoms with Crippen LogP contribution in [0.1, 0.15) is 31.4 Å². The summed E-state index contributed by atoms with van der Waals surface area (Å²) in [4.78, 5) is 23.5. The average Bonchev–Trinajstić information content (AvgIpc) is 3.28. The molecule has 1 aromatic heterocycles. The first-order valence-corrected chi connectivity index (χ1v) is 12.4. The molecule has 3 aromatic carbocycles. The number of aryl methyl sites for hydroxylation is 1. The van der Waals surface area contributed by atoms with Gasteiger partial charge in [-0.05, 0) is 61.6 Å². The van der Waals surface area contributed by atoms with Crippen molar-refractivity contribution in [1.82, 2.24) is 0 Å². The van der Waals surface area contributed by atoms with Crippen LogP contribution in [-0.4, -0.2) is 25.7 Å². The van der Waals surface area contributed by atoms with Gasteiger partial charge < -0.3 is 18.6 Å². The number of benzene rings is 3. The lowest BCUT2D eigenvalue weighted by molar-refractivity contribution is -0.139. The number of fused-ring (bicyclic) bond motifs is 3. The highest BCUT2D eigenvalue weighted by Crippen LogP contribution is 2.47. The Labute approximate surface area is 228 Å². The van der Waals surface area contributed by atoms with Crippen LogP contribution in [0, 0.1) is 0 Å². The first kappa shape index (κ1) is 28.5. The van der Waals surface area contributed by atoms with Gasteiger partial charge in [-0.1, -0.05) is 43.5 Å². The second-order valence-electron chi connectivity index (χ2n) is 9.32. The standard InChI is InChI=1S/C31H27F3O6/c1-17(2)29(35)38-16-6-7-19-8-10-20(11-9-19)21-12-13-22-23-14-15-24(39-30(36)18(3)4)28(37-5)27(23)40-26(22)25(21)31(32,33)34/h8-15H,1,3,6-7,16H2,2,4-5H3. The highest BCUT2D eigenvalue weighted by molar-refractivity contribution is 6.10. The molecule has 4 rings (SSSR count). The first-order valence-electron chi connectivity index (χ1n) is 12.4. The van der Waals surface area contributed by atoms with E-state index in [4.69, 9.17) is 18.6 Å². The van der Waals surface area contributed by atoms with Crippen LogP contribution in [0.3, 0.4) is 0 Å². The summed E-state index contributed by atoms with van der Waals surface area (Å²) < 4.78 is 65.0. The highest BCUT2D eigenvalue weighted by Gasteiger charge is 2.38. The fourth-order valence-corrected chi connectivity index (χ4v) is 4.26. The molecule has 0 saturated heterocycles. The molecular weight excluding hydrogens is 525 g/mol. The lowest BCUT2D eigenvalue weighted by atomic mass is 9.95. The van der Waals surface area contributed by atoms with Crippen molar-refractivity contribution < 1.29 is 41.4 Å². The number of rotatable bonds is 9. The molecule has 0 unspecified atom stereocenters. The zero-order valence-corrected chi connectivity index (χ0v) is 22.2. The Hall–Kier alpha value is -4.53. The van der Waals surface area contributed by atoms with E-state index < -0.39 is 23.7 Å². The van der Waals surface area contributed by atoms with Gasteiger partial charge in [0.05, 0.1) is 13.7 Å². The second kappa shape index (κ2) is 11.3. The minimum atomic E-state index is -4.74. The molecule has 0 aliphatic carbocycles. The largest absolute Gasteiger partial charge is 0.490 e. The van der Waals surface area contributed by atoms with Crippen molar-refractivity contribution >= 4 is 33.9 Å². The molecule has 0 bridgehead atoms. The van der Waals surface area contributed by atoms with Crippen LogP contribution in [0.2, 0.25) is 0 Å². The molecule has 208 valence electrons. The zero-order valence-electron chi connectivity index (χ0n) is 22.2. The summed E-state index contributed by atoms with van der Waals surface area (Å²) in [6, 6.07) is 12.6. The normalized spacial score (nSPS) is 11.4. The molecule has 0 amide bonds. The van der Waals surface area contributed by atoms with E-state index in [2.05, 4.69) is 13.2 Å². The third-order valence-electron chi connectivity index (χ3n) is 6.22. The number of esters is 2. The molecule has 1 heterocycles. The molecule has 0 saturated carbocycles. The molecule has 0 atom stereocenters. The molecular formula is C31H27F3O6. The van der Waals surface area contributed by atoms with Gasteiger partial charge in [0.1, 0.15) is 11.1 Å². The van der Waals surface area contributed by atoms with Crippen molar-refractivity contribution in [2.24, 2.45) is 0 Å². The quantitative estimate of drug-likeness (QED) is 0.0912. The van der Waals surface area contributed by atoms with Gasteiger partial charge in [0.2, 0.25) is 5.75 Å². The maximum absolute atomic E-state index is 14.5. The van der Waals surface area contributed by atoms with Gasteiger partial charge in [-0.15, -0.1) is 0 Å². The van der Waals surface area contributed by atoms with Crippen molar-refractivity contribution in [2.45, 2.75) is 32.9 Å². The predicted octanol–water partition coefficient (Wildman–Crippen LogP) is 7.81. The molecule has 40 heavy (non-hydrogen) atoms. The number of carbonyl (C=O) groups excluding carboxylic acids is 2. The summed E-state index contributed by atoms with van der Waals surface area (Å²) >= 11 is 0. The van der Waals surface area contributed by atoms with E-state index in [9.17, 15) is 22.8 Å². The Morgan fingerprint density at radius 1 is 0.875 bits per heavy atom. The first-order chi connectivity index (χ1) is 18.9. The van der Waals surface area contributed by atoms with Crippen LogP contribution >= 0.6 is 0 Å². The van der Waals surface area contributed by atoms with E-state index in [0.717, 1.165) is 5.56 Å². The number of methoxy groups -OCH3 is 1. The Bertz CT molecular complexity index is 1630. The Morgan fingerprint density at radius 2 is 1.50 bits per heavy atom. The highest BCUT2D eigenvalue weighted by atomic mass is 19.4. The van der Waals surface area contributed by atoms with Crippen molar-refractivity contribution in [3.63, 3.8) is 0 Å². The van der Waals surface area contributed by atoms with E-state index in [1.807, 2.05) is 0 Å². The predicted molar refractivity (Wildman–Crippen MR) is 145 cm³/mol. The van der Waals surface area contributed by atoms with Crippen molar-refractivity contribution in [1.29, 1.82) is 0 Å². The summed E-state index contributed by atoms with van der Waals surface area (Å²) in [7, 11) is 1.31. The molecule has 9 heteroatoms.